The second-order valence-corrected chi connectivity index (χ2v) is 5.50. The first-order valence-corrected chi connectivity index (χ1v) is 7.67. The number of nitrogens with zero attached hydrogens (tertiary/aromatic N) is 3. The van der Waals surface area contributed by atoms with Crippen molar-refractivity contribution in [3.8, 4) is 5.75 Å². The summed E-state index contributed by atoms with van der Waals surface area (Å²) in [6, 6.07) is 11.3. The number of para-hydroxylation sites is 2. The van der Waals surface area contributed by atoms with Gasteiger partial charge in [0.05, 0.1) is 17.9 Å². The van der Waals surface area contributed by atoms with E-state index in [4.69, 9.17) is 5.73 Å². The van der Waals surface area contributed by atoms with Crippen molar-refractivity contribution in [1.82, 2.24) is 9.38 Å². The molecule has 2 aromatic heterocycles. The molecule has 3 N–H and O–H groups in total. The lowest BCUT2D eigenvalue weighted by Gasteiger charge is -2.13. The summed E-state index contributed by atoms with van der Waals surface area (Å²) in [5, 5.41) is 2.62. The van der Waals surface area contributed by atoms with E-state index in [2.05, 4.69) is 20.0 Å². The fourth-order valence-corrected chi connectivity index (χ4v) is 2.40. The van der Waals surface area contributed by atoms with Gasteiger partial charge in [-0.2, -0.15) is 0 Å². The normalized spacial score (nSPS) is 12.4. The number of guanidine groups is 1. The lowest BCUT2D eigenvalue weighted by atomic mass is 10.3. The third kappa shape index (κ3) is 4.24. The van der Waals surface area contributed by atoms with Crippen molar-refractivity contribution in [1.29, 1.82) is 0 Å². The molecule has 0 bridgehead atoms. The Bertz CT molecular complexity index is 949. The van der Waals surface area contributed by atoms with Crippen LogP contribution in [0.25, 0.3) is 5.65 Å². The standard InChI is InChI=1S/C17H16F3N5O/c1-11-5-4-8-15-23-12(10-25(11)15)9-22-16(21)24-13-6-2-3-7-14(13)26-17(18,19)20/h2-8,10H,9H2,1H3,(H3,21,22,24). The van der Waals surface area contributed by atoms with E-state index in [1.165, 1.54) is 18.2 Å². The van der Waals surface area contributed by atoms with Gasteiger partial charge >= 0.3 is 6.36 Å². The van der Waals surface area contributed by atoms with Gasteiger partial charge in [-0.25, -0.2) is 9.98 Å². The third-order valence-corrected chi connectivity index (χ3v) is 3.53. The maximum absolute atomic E-state index is 12.4. The first-order chi connectivity index (χ1) is 12.3. The first kappa shape index (κ1) is 17.6. The molecule has 0 aliphatic carbocycles. The van der Waals surface area contributed by atoms with Crippen molar-refractivity contribution in [2.75, 3.05) is 5.32 Å². The number of hydrogen-bond acceptors (Lipinski definition) is 3. The molecule has 0 aliphatic heterocycles. The topological polar surface area (TPSA) is 76.9 Å². The van der Waals surface area contributed by atoms with E-state index in [9.17, 15) is 13.2 Å². The van der Waals surface area contributed by atoms with Crippen molar-refractivity contribution in [3.63, 3.8) is 0 Å². The highest BCUT2D eigenvalue weighted by Gasteiger charge is 2.32. The van der Waals surface area contributed by atoms with Gasteiger partial charge < -0.3 is 20.2 Å². The van der Waals surface area contributed by atoms with Crippen molar-refractivity contribution >= 4 is 17.3 Å². The molecule has 0 atom stereocenters. The van der Waals surface area contributed by atoms with E-state index in [-0.39, 0.29) is 23.9 Å². The number of aliphatic imine (C=N–C) groups is 1. The predicted molar refractivity (Wildman–Crippen MR) is 92.0 cm³/mol. The van der Waals surface area contributed by atoms with Gasteiger partial charge in [0.1, 0.15) is 5.65 Å². The van der Waals surface area contributed by atoms with Crippen LogP contribution in [0, 0.1) is 6.92 Å². The molecule has 0 aliphatic rings. The van der Waals surface area contributed by atoms with Crippen LogP contribution >= 0.6 is 0 Å². The minimum Gasteiger partial charge on any atom is -0.404 e. The minimum atomic E-state index is -4.79. The van der Waals surface area contributed by atoms with Gasteiger partial charge in [-0.15, -0.1) is 13.2 Å². The van der Waals surface area contributed by atoms with Crippen LogP contribution in [0.4, 0.5) is 18.9 Å². The number of imidazole rings is 1. The van der Waals surface area contributed by atoms with Crippen LogP contribution in [0.5, 0.6) is 5.75 Å². The number of benzene rings is 1. The van der Waals surface area contributed by atoms with Gasteiger partial charge in [0.2, 0.25) is 0 Å². The number of aryl methyl sites for hydroxylation is 1. The number of nitrogens with two attached hydrogens (primary N) is 1. The number of hydrogen-bond donors (Lipinski definition) is 2. The fourth-order valence-electron chi connectivity index (χ4n) is 2.40. The third-order valence-electron chi connectivity index (χ3n) is 3.53. The smallest absolute Gasteiger partial charge is 0.404 e. The number of rotatable bonds is 4. The second kappa shape index (κ2) is 6.95. The largest absolute Gasteiger partial charge is 0.573 e. The number of fused-ring (bicyclic) bond motifs is 1. The summed E-state index contributed by atoms with van der Waals surface area (Å²) in [7, 11) is 0. The van der Waals surface area contributed by atoms with Gasteiger partial charge in [0.25, 0.3) is 0 Å². The quantitative estimate of drug-likeness (QED) is 0.550. The summed E-state index contributed by atoms with van der Waals surface area (Å²) in [5.74, 6) is -0.432. The maximum Gasteiger partial charge on any atom is 0.573 e. The number of alkyl halides is 3. The van der Waals surface area contributed by atoms with Crippen molar-refractivity contribution in [2.24, 2.45) is 10.7 Å². The molecule has 0 saturated heterocycles. The summed E-state index contributed by atoms with van der Waals surface area (Å²) in [6.45, 7) is 2.14. The number of ether oxygens (including phenoxy) is 1. The molecule has 1 aromatic carbocycles. The highest BCUT2D eigenvalue weighted by Crippen LogP contribution is 2.29. The van der Waals surface area contributed by atoms with E-state index < -0.39 is 6.36 Å². The lowest BCUT2D eigenvalue weighted by Crippen LogP contribution is -2.24. The molecular weight excluding hydrogens is 347 g/mol. The van der Waals surface area contributed by atoms with E-state index in [1.54, 1.807) is 6.07 Å². The SMILES string of the molecule is Cc1cccc2nc(CN=C(N)Nc3ccccc3OC(F)(F)F)cn12. The Kier molecular flexibility index (Phi) is 4.70. The molecule has 136 valence electrons. The minimum absolute atomic E-state index is 0.0444. The molecule has 0 amide bonds. The zero-order valence-corrected chi connectivity index (χ0v) is 13.8. The first-order valence-electron chi connectivity index (χ1n) is 7.67. The van der Waals surface area contributed by atoms with Gasteiger partial charge in [0, 0.05) is 11.9 Å². The van der Waals surface area contributed by atoms with Crippen LogP contribution < -0.4 is 15.8 Å². The van der Waals surface area contributed by atoms with Gasteiger partial charge in [-0.3, -0.25) is 0 Å². The summed E-state index contributed by atoms with van der Waals surface area (Å²) in [4.78, 5) is 8.54. The Labute approximate surface area is 147 Å². The molecule has 0 spiro atoms. The number of anilines is 1. The van der Waals surface area contributed by atoms with Crippen LogP contribution in [-0.2, 0) is 6.54 Å². The van der Waals surface area contributed by atoms with Crippen LogP contribution in [-0.4, -0.2) is 21.7 Å². The molecule has 2 heterocycles. The van der Waals surface area contributed by atoms with Gasteiger partial charge in [-0.05, 0) is 31.2 Å². The average molecular weight is 363 g/mol. The molecule has 3 rings (SSSR count). The van der Waals surface area contributed by atoms with Gasteiger partial charge in [0.15, 0.2) is 11.7 Å². The van der Waals surface area contributed by atoms with Crippen molar-refractivity contribution in [2.45, 2.75) is 19.8 Å². The predicted octanol–water partition coefficient (Wildman–Crippen LogP) is 3.47. The molecule has 6 nitrogen and oxygen atoms in total. The average Bonchev–Trinajstić information content (AvgIpc) is 2.98. The molecular formula is C17H16F3N5O. The van der Waals surface area contributed by atoms with Gasteiger partial charge in [-0.1, -0.05) is 18.2 Å². The fraction of sp³-hybridized carbons (Fsp3) is 0.176. The molecule has 0 unspecified atom stereocenters. The Morgan fingerprint density at radius 1 is 1.23 bits per heavy atom. The second-order valence-electron chi connectivity index (χ2n) is 5.50. The highest BCUT2D eigenvalue weighted by molar-refractivity contribution is 5.93. The Balaban J connectivity index is 1.73. The van der Waals surface area contributed by atoms with Crippen LogP contribution in [0.3, 0.4) is 0 Å². The summed E-state index contributed by atoms with van der Waals surface area (Å²) in [6.07, 6.45) is -2.96. The molecule has 0 saturated carbocycles. The Morgan fingerprint density at radius 2 is 2.00 bits per heavy atom. The zero-order valence-electron chi connectivity index (χ0n) is 13.8. The highest BCUT2D eigenvalue weighted by atomic mass is 19.4. The van der Waals surface area contributed by atoms with E-state index in [1.807, 2.05) is 35.7 Å². The molecule has 3 aromatic rings. The molecule has 9 heteroatoms. The number of aromatic nitrogens is 2. The Morgan fingerprint density at radius 3 is 2.73 bits per heavy atom. The van der Waals surface area contributed by atoms with Crippen LogP contribution in [0.2, 0.25) is 0 Å². The van der Waals surface area contributed by atoms with E-state index in [0.29, 0.717) is 5.69 Å². The number of halogens is 3. The van der Waals surface area contributed by atoms with E-state index >= 15 is 0 Å². The Hall–Kier alpha value is -3.23. The molecule has 0 radical (unpaired) electrons. The van der Waals surface area contributed by atoms with E-state index in [0.717, 1.165) is 11.3 Å². The number of nitrogens with one attached hydrogen (secondary N) is 1. The van der Waals surface area contributed by atoms with Crippen LogP contribution in [0.15, 0.2) is 53.7 Å². The van der Waals surface area contributed by atoms with Crippen LogP contribution in [0.1, 0.15) is 11.4 Å². The summed E-state index contributed by atoms with van der Waals surface area (Å²) >= 11 is 0. The summed E-state index contributed by atoms with van der Waals surface area (Å²) in [5.41, 5.74) is 8.33. The number of pyridine rings is 1. The zero-order chi connectivity index (χ0) is 18.7. The molecule has 0 fully saturated rings. The molecule has 26 heavy (non-hydrogen) atoms. The lowest BCUT2D eigenvalue weighted by molar-refractivity contribution is -0.274. The maximum atomic E-state index is 12.4. The summed E-state index contributed by atoms with van der Waals surface area (Å²) < 4.78 is 43.2. The monoisotopic (exact) mass is 363 g/mol. The van der Waals surface area contributed by atoms with Crippen molar-refractivity contribution < 1.29 is 17.9 Å². The van der Waals surface area contributed by atoms with Crippen molar-refractivity contribution in [3.05, 3.63) is 60.0 Å².